The number of nitrogens with zero attached hydrogens (tertiary/aromatic N) is 3. The topological polar surface area (TPSA) is 115 Å². The number of ether oxygens (including phenoxy) is 1. The first kappa shape index (κ1) is 30.1. The third kappa shape index (κ3) is 9.03. The SMILES string of the molecule is CCC(C)Oc1ccc(CNC(=NC)N(Cc2ccc(Cl)cc2)C(=O)N(C=O)CC(CO)CO)cc1C. The average Bonchev–Trinajstić information content (AvgIpc) is 2.91. The minimum absolute atomic E-state index is 0.115. The van der Waals surface area contributed by atoms with Gasteiger partial charge in [-0.15, -0.1) is 0 Å². The molecule has 1 unspecified atom stereocenters. The first-order valence-corrected chi connectivity index (χ1v) is 12.6. The van der Waals surface area contributed by atoms with Crippen LogP contribution in [0.4, 0.5) is 4.79 Å². The molecule has 37 heavy (non-hydrogen) atoms. The van der Waals surface area contributed by atoms with Gasteiger partial charge in [-0.1, -0.05) is 42.8 Å². The van der Waals surface area contributed by atoms with Crippen molar-refractivity contribution >= 4 is 30.0 Å². The van der Waals surface area contributed by atoms with Gasteiger partial charge in [0.25, 0.3) is 0 Å². The van der Waals surface area contributed by atoms with E-state index in [0.29, 0.717) is 18.0 Å². The molecule has 0 aliphatic rings. The monoisotopic (exact) mass is 532 g/mol. The summed E-state index contributed by atoms with van der Waals surface area (Å²) in [6, 6.07) is 12.2. The number of nitrogens with one attached hydrogen (secondary N) is 1. The average molecular weight is 533 g/mol. The zero-order chi connectivity index (χ0) is 27.4. The summed E-state index contributed by atoms with van der Waals surface area (Å²) >= 11 is 6.01. The zero-order valence-corrected chi connectivity index (χ0v) is 22.6. The van der Waals surface area contributed by atoms with E-state index in [-0.39, 0.29) is 38.4 Å². The molecule has 2 aromatic carbocycles. The molecule has 202 valence electrons. The number of carbonyl (C=O) groups excluding carboxylic acids is 2. The molecule has 3 amide bonds. The molecule has 0 heterocycles. The maximum absolute atomic E-state index is 13.4. The van der Waals surface area contributed by atoms with E-state index in [0.717, 1.165) is 33.8 Å². The highest BCUT2D eigenvalue weighted by Gasteiger charge is 2.27. The summed E-state index contributed by atoms with van der Waals surface area (Å²) in [5, 5.41) is 22.6. The smallest absolute Gasteiger partial charge is 0.333 e. The molecule has 0 saturated heterocycles. The van der Waals surface area contributed by atoms with Crippen molar-refractivity contribution in [2.75, 3.05) is 26.8 Å². The lowest BCUT2D eigenvalue weighted by atomic mass is 10.1. The molecule has 1 atom stereocenters. The Morgan fingerprint density at radius 1 is 1.16 bits per heavy atom. The van der Waals surface area contributed by atoms with E-state index >= 15 is 0 Å². The molecular formula is C27H37ClN4O5. The largest absolute Gasteiger partial charge is 0.490 e. The van der Waals surface area contributed by atoms with Crippen LogP contribution < -0.4 is 10.1 Å². The summed E-state index contributed by atoms with van der Waals surface area (Å²) in [6.07, 6.45) is 1.42. The number of imide groups is 1. The number of aliphatic hydroxyl groups excluding tert-OH is 2. The van der Waals surface area contributed by atoms with Gasteiger partial charge in [0.05, 0.1) is 12.6 Å². The Hall–Kier alpha value is -3.14. The molecule has 0 aliphatic carbocycles. The maximum Gasteiger partial charge on any atom is 0.333 e. The fourth-order valence-corrected chi connectivity index (χ4v) is 3.63. The third-order valence-corrected chi connectivity index (χ3v) is 6.14. The van der Waals surface area contributed by atoms with Crippen molar-refractivity contribution < 1.29 is 24.5 Å². The van der Waals surface area contributed by atoms with Crippen LogP contribution in [0.5, 0.6) is 5.75 Å². The fraction of sp³-hybridized carbons (Fsp3) is 0.444. The number of aryl methyl sites for hydroxylation is 1. The predicted octanol–water partition coefficient (Wildman–Crippen LogP) is 3.58. The summed E-state index contributed by atoms with van der Waals surface area (Å²) in [5.41, 5.74) is 2.73. The van der Waals surface area contributed by atoms with Crippen molar-refractivity contribution in [3.8, 4) is 5.75 Å². The number of benzene rings is 2. The molecule has 2 rings (SSSR count). The Kier molecular flexibility index (Phi) is 12.4. The number of hydrogen-bond donors (Lipinski definition) is 3. The highest BCUT2D eigenvalue weighted by atomic mass is 35.5. The number of hydrogen-bond acceptors (Lipinski definition) is 6. The van der Waals surface area contributed by atoms with Crippen LogP contribution in [0.2, 0.25) is 5.02 Å². The van der Waals surface area contributed by atoms with Crippen LogP contribution in [-0.4, -0.2) is 71.3 Å². The Labute approximate surface area is 223 Å². The van der Waals surface area contributed by atoms with E-state index in [1.54, 1.807) is 31.3 Å². The lowest BCUT2D eigenvalue weighted by molar-refractivity contribution is -0.116. The standard InChI is InChI=1S/C27H37ClN4O5/c1-5-20(3)37-25-11-8-22(12-19(25)2)13-30-26(29-4)32(15-21-6-9-24(28)10-7-21)27(36)31(18-35)14-23(16-33)17-34/h6-12,18,20,23,33-34H,5,13-17H2,1-4H3,(H,29,30). The summed E-state index contributed by atoms with van der Waals surface area (Å²) < 4.78 is 5.95. The van der Waals surface area contributed by atoms with Gasteiger partial charge in [-0.05, 0) is 55.2 Å². The maximum atomic E-state index is 13.4. The second-order valence-corrected chi connectivity index (χ2v) is 9.26. The van der Waals surface area contributed by atoms with Crippen molar-refractivity contribution in [3.05, 3.63) is 64.2 Å². The van der Waals surface area contributed by atoms with Gasteiger partial charge in [-0.25, -0.2) is 4.79 Å². The van der Waals surface area contributed by atoms with Crippen LogP contribution in [0.15, 0.2) is 47.5 Å². The van der Waals surface area contributed by atoms with Gasteiger partial charge < -0.3 is 20.3 Å². The molecular weight excluding hydrogens is 496 g/mol. The second-order valence-electron chi connectivity index (χ2n) is 8.82. The van der Waals surface area contributed by atoms with Gasteiger partial charge in [0.15, 0.2) is 0 Å². The quantitative estimate of drug-likeness (QED) is 0.219. The molecule has 0 radical (unpaired) electrons. The van der Waals surface area contributed by atoms with E-state index in [2.05, 4.69) is 17.2 Å². The molecule has 0 spiro atoms. The van der Waals surface area contributed by atoms with E-state index < -0.39 is 11.9 Å². The van der Waals surface area contributed by atoms with Gasteiger partial charge in [-0.2, -0.15) is 0 Å². The van der Waals surface area contributed by atoms with Crippen LogP contribution in [0, 0.1) is 12.8 Å². The van der Waals surface area contributed by atoms with Gasteiger partial charge >= 0.3 is 6.03 Å². The molecule has 2 aromatic rings. The molecule has 10 heteroatoms. The van der Waals surface area contributed by atoms with Crippen LogP contribution in [0.25, 0.3) is 0 Å². The van der Waals surface area contributed by atoms with E-state index in [4.69, 9.17) is 16.3 Å². The molecule has 3 N–H and O–H groups in total. The molecule has 0 aromatic heterocycles. The molecule has 0 aliphatic heterocycles. The first-order chi connectivity index (χ1) is 17.8. The van der Waals surface area contributed by atoms with Gasteiger partial charge in [0, 0.05) is 44.3 Å². The molecule has 0 fully saturated rings. The lowest BCUT2D eigenvalue weighted by Gasteiger charge is -2.30. The number of urea groups is 1. The van der Waals surface area contributed by atoms with Crippen molar-refractivity contribution in [1.29, 1.82) is 0 Å². The minimum atomic E-state index is -0.652. The van der Waals surface area contributed by atoms with E-state index in [9.17, 15) is 19.8 Å². The normalized spacial score (nSPS) is 12.3. The van der Waals surface area contributed by atoms with Gasteiger partial charge in [0.2, 0.25) is 12.4 Å². The van der Waals surface area contributed by atoms with Crippen LogP contribution in [0.1, 0.15) is 37.0 Å². The highest BCUT2D eigenvalue weighted by molar-refractivity contribution is 6.30. The Morgan fingerprint density at radius 2 is 1.81 bits per heavy atom. The van der Waals surface area contributed by atoms with E-state index in [1.165, 1.54) is 4.90 Å². The van der Waals surface area contributed by atoms with Gasteiger partial charge in [0.1, 0.15) is 5.75 Å². The van der Waals surface area contributed by atoms with Crippen molar-refractivity contribution in [2.45, 2.75) is 46.4 Å². The number of rotatable bonds is 12. The lowest BCUT2D eigenvalue weighted by Crippen LogP contribution is -2.51. The zero-order valence-electron chi connectivity index (χ0n) is 21.9. The number of carbonyl (C=O) groups is 2. The summed E-state index contributed by atoms with van der Waals surface area (Å²) in [4.78, 5) is 31.8. The van der Waals surface area contributed by atoms with Crippen molar-refractivity contribution in [2.24, 2.45) is 10.9 Å². The highest BCUT2D eigenvalue weighted by Crippen LogP contribution is 2.21. The molecule has 0 saturated carbocycles. The third-order valence-electron chi connectivity index (χ3n) is 5.89. The molecule has 9 nitrogen and oxygen atoms in total. The summed E-state index contributed by atoms with van der Waals surface area (Å²) in [6.45, 7) is 5.69. The minimum Gasteiger partial charge on any atom is -0.490 e. The fourth-order valence-electron chi connectivity index (χ4n) is 3.51. The number of guanidine groups is 1. The summed E-state index contributed by atoms with van der Waals surface area (Å²) in [7, 11) is 1.55. The number of aliphatic hydroxyl groups is 2. The van der Waals surface area contributed by atoms with Crippen LogP contribution >= 0.6 is 11.6 Å². The van der Waals surface area contributed by atoms with Gasteiger partial charge in [-0.3, -0.25) is 19.6 Å². The number of aliphatic imine (C=N–C) groups is 1. The van der Waals surface area contributed by atoms with Crippen LogP contribution in [0.3, 0.4) is 0 Å². The summed E-state index contributed by atoms with van der Waals surface area (Å²) in [5.74, 6) is 0.431. The Bertz CT molecular complexity index is 1040. The predicted molar refractivity (Wildman–Crippen MR) is 145 cm³/mol. The second kappa shape index (κ2) is 15.2. The number of halogens is 1. The van der Waals surface area contributed by atoms with E-state index in [1.807, 2.05) is 32.0 Å². The Morgan fingerprint density at radius 3 is 2.35 bits per heavy atom. The van der Waals surface area contributed by atoms with Crippen molar-refractivity contribution in [1.82, 2.24) is 15.1 Å². The van der Waals surface area contributed by atoms with Crippen molar-refractivity contribution in [3.63, 3.8) is 0 Å². The van der Waals surface area contributed by atoms with Crippen LogP contribution in [-0.2, 0) is 17.9 Å². The first-order valence-electron chi connectivity index (χ1n) is 12.2. The Balaban J connectivity index is 2.26. The molecule has 0 bridgehead atoms. The number of amides is 3.